The first-order valence-corrected chi connectivity index (χ1v) is 7.28. The lowest BCUT2D eigenvalue weighted by atomic mass is 10.2. The van der Waals surface area contributed by atoms with Crippen molar-refractivity contribution >= 4 is 5.91 Å². The highest BCUT2D eigenvalue weighted by molar-refractivity contribution is 5.76. The number of nitrogens with two attached hydrogens (primary N) is 1. The van der Waals surface area contributed by atoms with E-state index in [-0.39, 0.29) is 12.5 Å². The van der Waals surface area contributed by atoms with E-state index in [2.05, 4.69) is 29.1 Å². The number of nitrogens with zero attached hydrogens (tertiary/aromatic N) is 5. The van der Waals surface area contributed by atoms with Gasteiger partial charge < -0.3 is 10.6 Å². The summed E-state index contributed by atoms with van der Waals surface area (Å²) in [5, 5.41) is 7.81. The molecule has 0 aliphatic carbocycles. The lowest BCUT2D eigenvalue weighted by Gasteiger charge is -2.26. The smallest absolute Gasteiger partial charge is 0.244 e. The molecule has 1 aromatic rings. The fourth-order valence-corrected chi connectivity index (χ4v) is 2.75. The fourth-order valence-electron chi connectivity index (χ4n) is 2.75. The van der Waals surface area contributed by atoms with E-state index in [0.717, 1.165) is 32.6 Å². The minimum Gasteiger partial charge on any atom is -0.339 e. The molecule has 112 valence electrons. The second kappa shape index (κ2) is 6.81. The Kier molecular flexibility index (Phi) is 5.08. The second-order valence-corrected chi connectivity index (χ2v) is 5.12. The first-order chi connectivity index (χ1) is 9.67. The van der Waals surface area contributed by atoms with E-state index in [0.29, 0.717) is 18.3 Å². The first kappa shape index (κ1) is 14.9. The molecule has 1 unspecified atom stereocenters. The van der Waals surface area contributed by atoms with E-state index in [1.807, 2.05) is 4.90 Å². The van der Waals surface area contributed by atoms with Gasteiger partial charge in [0.2, 0.25) is 5.91 Å². The number of likely N-dealkylation sites (tertiary alicyclic amines) is 1. The number of carbonyl (C=O) groups excluding carboxylic acids is 1. The number of amides is 1. The molecular weight excluding hydrogens is 256 g/mol. The Hall–Kier alpha value is -1.47. The average molecular weight is 280 g/mol. The summed E-state index contributed by atoms with van der Waals surface area (Å²) in [7, 11) is 0. The van der Waals surface area contributed by atoms with E-state index >= 15 is 0 Å². The third kappa shape index (κ3) is 3.34. The Bertz CT molecular complexity index is 442. The molecule has 0 aromatic carbocycles. The van der Waals surface area contributed by atoms with Crippen LogP contribution in [0.1, 0.15) is 26.0 Å². The van der Waals surface area contributed by atoms with Crippen molar-refractivity contribution in [2.75, 3.05) is 26.2 Å². The van der Waals surface area contributed by atoms with Gasteiger partial charge in [-0.15, -0.1) is 5.10 Å². The SMILES string of the molecule is CCN(CC)C1CCN(C(=O)Cn2cc(CN)nn2)C1. The van der Waals surface area contributed by atoms with Crippen LogP contribution < -0.4 is 5.73 Å². The first-order valence-electron chi connectivity index (χ1n) is 7.28. The molecule has 2 rings (SSSR count). The molecule has 1 aliphatic heterocycles. The largest absolute Gasteiger partial charge is 0.339 e. The lowest BCUT2D eigenvalue weighted by molar-refractivity contribution is -0.131. The molecule has 2 heterocycles. The summed E-state index contributed by atoms with van der Waals surface area (Å²) in [6.07, 6.45) is 2.79. The molecule has 1 atom stereocenters. The van der Waals surface area contributed by atoms with Crippen molar-refractivity contribution in [1.29, 1.82) is 0 Å². The molecule has 1 amide bonds. The highest BCUT2D eigenvalue weighted by Crippen LogP contribution is 2.15. The van der Waals surface area contributed by atoms with Crippen molar-refractivity contribution < 1.29 is 4.79 Å². The minimum absolute atomic E-state index is 0.105. The molecular formula is C13H24N6O. The van der Waals surface area contributed by atoms with E-state index in [4.69, 9.17) is 5.73 Å². The maximum Gasteiger partial charge on any atom is 0.244 e. The Labute approximate surface area is 119 Å². The van der Waals surface area contributed by atoms with E-state index in [9.17, 15) is 4.79 Å². The molecule has 1 aromatic heterocycles. The Balaban J connectivity index is 1.88. The van der Waals surface area contributed by atoms with Gasteiger partial charge in [-0.3, -0.25) is 9.69 Å². The number of likely N-dealkylation sites (N-methyl/N-ethyl adjacent to an activating group) is 1. The van der Waals surface area contributed by atoms with Crippen LogP contribution >= 0.6 is 0 Å². The molecule has 20 heavy (non-hydrogen) atoms. The van der Waals surface area contributed by atoms with Gasteiger partial charge in [0.25, 0.3) is 0 Å². The van der Waals surface area contributed by atoms with E-state index in [1.54, 1.807) is 10.9 Å². The van der Waals surface area contributed by atoms with Gasteiger partial charge in [0.05, 0.1) is 11.9 Å². The summed E-state index contributed by atoms with van der Waals surface area (Å²) < 4.78 is 1.56. The molecule has 1 fully saturated rings. The highest BCUT2D eigenvalue weighted by Gasteiger charge is 2.29. The van der Waals surface area contributed by atoms with Gasteiger partial charge in [-0.25, -0.2) is 4.68 Å². The molecule has 0 spiro atoms. The van der Waals surface area contributed by atoms with Crippen LogP contribution in [-0.4, -0.2) is 62.9 Å². The van der Waals surface area contributed by atoms with Gasteiger partial charge in [-0.05, 0) is 19.5 Å². The zero-order chi connectivity index (χ0) is 14.5. The predicted octanol–water partition coefficient (Wildman–Crippen LogP) is -0.320. The zero-order valence-corrected chi connectivity index (χ0v) is 12.3. The molecule has 2 N–H and O–H groups in total. The third-order valence-electron chi connectivity index (χ3n) is 3.94. The van der Waals surface area contributed by atoms with Crippen molar-refractivity contribution in [3.8, 4) is 0 Å². The number of aromatic nitrogens is 3. The van der Waals surface area contributed by atoms with Crippen LogP contribution in [0.4, 0.5) is 0 Å². The normalized spacial score (nSPS) is 19.0. The van der Waals surface area contributed by atoms with Crippen molar-refractivity contribution in [3.63, 3.8) is 0 Å². The van der Waals surface area contributed by atoms with Gasteiger partial charge in [-0.1, -0.05) is 19.1 Å². The maximum atomic E-state index is 12.2. The molecule has 0 bridgehead atoms. The fraction of sp³-hybridized carbons (Fsp3) is 0.769. The van der Waals surface area contributed by atoms with E-state index in [1.165, 1.54) is 0 Å². The van der Waals surface area contributed by atoms with Gasteiger partial charge in [0.15, 0.2) is 0 Å². The standard InChI is InChI=1S/C13H24N6O/c1-3-17(4-2)12-5-6-18(9-12)13(20)10-19-8-11(7-14)15-16-19/h8,12H,3-7,9-10,14H2,1-2H3. The molecule has 0 radical (unpaired) electrons. The quantitative estimate of drug-likeness (QED) is 0.772. The van der Waals surface area contributed by atoms with Crippen LogP contribution in [-0.2, 0) is 17.9 Å². The maximum absolute atomic E-state index is 12.2. The summed E-state index contributed by atoms with van der Waals surface area (Å²) in [5.74, 6) is 0.105. The van der Waals surface area contributed by atoms with Gasteiger partial charge in [0, 0.05) is 25.7 Å². The zero-order valence-electron chi connectivity index (χ0n) is 12.3. The summed E-state index contributed by atoms with van der Waals surface area (Å²) in [6, 6.07) is 0.490. The Morgan fingerprint density at radius 2 is 2.25 bits per heavy atom. The molecule has 7 nitrogen and oxygen atoms in total. The van der Waals surface area contributed by atoms with Crippen LogP contribution in [0.2, 0.25) is 0 Å². The monoisotopic (exact) mass is 280 g/mol. The summed E-state index contributed by atoms with van der Waals surface area (Å²) in [6.45, 7) is 8.64. The molecule has 1 saturated heterocycles. The van der Waals surface area contributed by atoms with Crippen molar-refractivity contribution in [1.82, 2.24) is 24.8 Å². The number of carbonyl (C=O) groups is 1. The Morgan fingerprint density at radius 3 is 2.85 bits per heavy atom. The average Bonchev–Trinajstić information content (AvgIpc) is 3.09. The van der Waals surface area contributed by atoms with Crippen molar-refractivity contribution in [2.24, 2.45) is 5.73 Å². The topological polar surface area (TPSA) is 80.3 Å². The summed E-state index contributed by atoms with van der Waals surface area (Å²) in [5.41, 5.74) is 6.19. The lowest BCUT2D eigenvalue weighted by Crippen LogP contribution is -2.39. The molecule has 0 saturated carbocycles. The van der Waals surface area contributed by atoms with Crippen molar-refractivity contribution in [3.05, 3.63) is 11.9 Å². The molecule has 1 aliphatic rings. The third-order valence-corrected chi connectivity index (χ3v) is 3.94. The van der Waals surface area contributed by atoms with Crippen LogP contribution in [0.3, 0.4) is 0 Å². The number of hydrogen-bond donors (Lipinski definition) is 1. The van der Waals surface area contributed by atoms with Crippen LogP contribution in [0.25, 0.3) is 0 Å². The van der Waals surface area contributed by atoms with E-state index < -0.39 is 0 Å². The van der Waals surface area contributed by atoms with Gasteiger partial charge in [0.1, 0.15) is 6.54 Å². The van der Waals surface area contributed by atoms with Crippen molar-refractivity contribution in [2.45, 2.75) is 39.4 Å². The van der Waals surface area contributed by atoms with Gasteiger partial charge >= 0.3 is 0 Å². The van der Waals surface area contributed by atoms with Crippen LogP contribution in [0, 0.1) is 0 Å². The van der Waals surface area contributed by atoms with Gasteiger partial charge in [-0.2, -0.15) is 0 Å². The minimum atomic E-state index is 0.105. The van der Waals surface area contributed by atoms with Crippen LogP contribution in [0.5, 0.6) is 0 Å². The Morgan fingerprint density at radius 1 is 1.50 bits per heavy atom. The molecule has 7 heteroatoms. The number of hydrogen-bond acceptors (Lipinski definition) is 5. The van der Waals surface area contributed by atoms with Crippen LogP contribution in [0.15, 0.2) is 6.20 Å². The number of rotatable bonds is 6. The summed E-state index contributed by atoms with van der Waals surface area (Å²) >= 11 is 0. The second-order valence-electron chi connectivity index (χ2n) is 5.12. The predicted molar refractivity (Wildman–Crippen MR) is 75.8 cm³/mol. The highest BCUT2D eigenvalue weighted by atomic mass is 16.2. The summed E-state index contributed by atoms with van der Waals surface area (Å²) in [4.78, 5) is 16.6.